The minimum atomic E-state index is -0.156. The van der Waals surface area contributed by atoms with Gasteiger partial charge in [-0.2, -0.15) is 5.10 Å². The summed E-state index contributed by atoms with van der Waals surface area (Å²) >= 11 is 0. The summed E-state index contributed by atoms with van der Waals surface area (Å²) < 4.78 is 13.3. The molecule has 1 atom stereocenters. The van der Waals surface area contributed by atoms with Crippen molar-refractivity contribution in [3.05, 3.63) is 41.7 Å². The molecule has 0 bridgehead atoms. The van der Waals surface area contributed by atoms with Gasteiger partial charge in [0.25, 0.3) is 0 Å². The molecule has 1 aliphatic heterocycles. The molecule has 0 saturated carbocycles. The van der Waals surface area contributed by atoms with E-state index in [-0.39, 0.29) is 11.8 Å². The highest BCUT2D eigenvalue weighted by Gasteiger charge is 2.27. The minimum Gasteiger partial charge on any atom is -0.490 e. The number of aryl methyl sites for hydroxylation is 2. The number of nitrogens with zero attached hydrogens (tertiary/aromatic N) is 2. The van der Waals surface area contributed by atoms with Crippen LogP contribution in [-0.4, -0.2) is 35.4 Å². The van der Waals surface area contributed by atoms with Crippen molar-refractivity contribution in [1.29, 1.82) is 0 Å². The van der Waals surface area contributed by atoms with Crippen LogP contribution in [-0.2, 0) is 17.8 Å². The first-order valence-electron chi connectivity index (χ1n) is 8.81. The zero-order chi connectivity index (χ0) is 17.6. The van der Waals surface area contributed by atoms with Gasteiger partial charge < -0.3 is 14.8 Å². The predicted octanol–water partition coefficient (Wildman–Crippen LogP) is 2.35. The Kier molecular flexibility index (Phi) is 5.58. The lowest BCUT2D eigenvalue weighted by Gasteiger charge is -2.26. The van der Waals surface area contributed by atoms with E-state index < -0.39 is 0 Å². The molecule has 0 radical (unpaired) electrons. The van der Waals surface area contributed by atoms with Crippen molar-refractivity contribution in [3.63, 3.8) is 0 Å². The Labute approximate surface area is 148 Å². The summed E-state index contributed by atoms with van der Waals surface area (Å²) in [6.07, 6.45) is 5.38. The van der Waals surface area contributed by atoms with Gasteiger partial charge in [-0.1, -0.05) is 12.1 Å². The van der Waals surface area contributed by atoms with Gasteiger partial charge in [-0.3, -0.25) is 9.48 Å². The number of para-hydroxylation sites is 1. The number of amides is 1. The van der Waals surface area contributed by atoms with Gasteiger partial charge in [0.1, 0.15) is 6.61 Å². The van der Waals surface area contributed by atoms with Gasteiger partial charge in [0.15, 0.2) is 11.5 Å². The number of ether oxygens (including phenoxy) is 2. The molecule has 1 aromatic heterocycles. The molecule has 6 nitrogen and oxygen atoms in total. The summed E-state index contributed by atoms with van der Waals surface area (Å²) in [6, 6.07) is 5.84. The van der Waals surface area contributed by atoms with E-state index >= 15 is 0 Å². The molecule has 1 aliphatic rings. The zero-order valence-electron chi connectivity index (χ0n) is 14.8. The van der Waals surface area contributed by atoms with Crippen LogP contribution >= 0.6 is 0 Å². The normalized spacial score (nSPS) is 16.0. The second-order valence-electron chi connectivity index (χ2n) is 6.31. The van der Waals surface area contributed by atoms with E-state index in [0.29, 0.717) is 26.2 Å². The third kappa shape index (κ3) is 4.32. The van der Waals surface area contributed by atoms with Gasteiger partial charge in [0.05, 0.1) is 18.7 Å². The summed E-state index contributed by atoms with van der Waals surface area (Å²) in [5, 5.41) is 7.25. The van der Waals surface area contributed by atoms with Crippen molar-refractivity contribution in [3.8, 4) is 11.5 Å². The third-order valence-electron chi connectivity index (χ3n) is 4.25. The molecule has 1 N–H and O–H groups in total. The van der Waals surface area contributed by atoms with Crippen molar-refractivity contribution in [2.45, 2.75) is 33.2 Å². The number of aromatic nitrogens is 2. The number of carbonyl (C=O) groups excluding carboxylic acids is 1. The van der Waals surface area contributed by atoms with Gasteiger partial charge in [-0.25, -0.2) is 0 Å². The van der Waals surface area contributed by atoms with Crippen molar-refractivity contribution in [1.82, 2.24) is 15.1 Å². The van der Waals surface area contributed by atoms with Crippen molar-refractivity contribution < 1.29 is 14.3 Å². The number of hydrogen-bond acceptors (Lipinski definition) is 4. The van der Waals surface area contributed by atoms with Gasteiger partial charge in [-0.05, 0) is 43.9 Å². The Bertz CT molecular complexity index is 726. The number of fused-ring (bicyclic) bond motifs is 1. The second kappa shape index (κ2) is 8.05. The van der Waals surface area contributed by atoms with E-state index in [2.05, 4.69) is 10.4 Å². The molecule has 0 spiro atoms. The molecule has 2 aromatic rings. The number of hydrogen-bond donors (Lipinski definition) is 1. The number of rotatable bonds is 7. The fourth-order valence-corrected chi connectivity index (χ4v) is 3.02. The van der Waals surface area contributed by atoms with Crippen LogP contribution in [0.5, 0.6) is 11.5 Å². The lowest BCUT2D eigenvalue weighted by atomic mass is 9.95. The lowest BCUT2D eigenvalue weighted by Crippen LogP contribution is -2.38. The van der Waals surface area contributed by atoms with Crippen LogP contribution in [0.3, 0.4) is 0 Å². The maximum absolute atomic E-state index is 12.4. The first kappa shape index (κ1) is 17.3. The lowest BCUT2D eigenvalue weighted by molar-refractivity contribution is -0.126. The molecule has 1 aromatic carbocycles. The average Bonchev–Trinajstić information content (AvgIpc) is 3.04. The van der Waals surface area contributed by atoms with Gasteiger partial charge in [0.2, 0.25) is 5.91 Å². The monoisotopic (exact) mass is 343 g/mol. The molecular formula is C19H25N3O3. The molecular weight excluding hydrogens is 318 g/mol. The summed E-state index contributed by atoms with van der Waals surface area (Å²) in [5.41, 5.74) is 2.18. The van der Waals surface area contributed by atoms with E-state index in [9.17, 15) is 4.79 Å². The number of benzene rings is 1. The first-order chi connectivity index (χ1) is 12.2. The molecule has 6 heteroatoms. The smallest absolute Gasteiger partial charge is 0.226 e. The molecule has 0 aliphatic carbocycles. The quantitative estimate of drug-likeness (QED) is 0.784. The van der Waals surface area contributed by atoms with Crippen LogP contribution in [0.4, 0.5) is 0 Å². The molecule has 0 saturated heterocycles. The topological polar surface area (TPSA) is 65.4 Å². The summed E-state index contributed by atoms with van der Waals surface area (Å²) in [5.74, 6) is 1.43. The van der Waals surface area contributed by atoms with Crippen LogP contribution in [0.15, 0.2) is 30.6 Å². The third-order valence-corrected chi connectivity index (χ3v) is 4.25. The maximum Gasteiger partial charge on any atom is 0.226 e. The van der Waals surface area contributed by atoms with Crippen molar-refractivity contribution in [2.24, 2.45) is 5.92 Å². The van der Waals surface area contributed by atoms with E-state index in [1.807, 2.05) is 49.1 Å². The molecule has 3 rings (SSSR count). The van der Waals surface area contributed by atoms with Crippen LogP contribution in [0, 0.1) is 12.8 Å². The molecule has 0 fully saturated rings. The molecule has 25 heavy (non-hydrogen) atoms. The largest absolute Gasteiger partial charge is 0.490 e. The highest BCUT2D eigenvalue weighted by Crippen LogP contribution is 2.36. The van der Waals surface area contributed by atoms with Crippen molar-refractivity contribution in [2.75, 3.05) is 19.8 Å². The van der Waals surface area contributed by atoms with Crippen molar-refractivity contribution >= 4 is 5.91 Å². The summed E-state index contributed by atoms with van der Waals surface area (Å²) in [7, 11) is 0. The summed E-state index contributed by atoms with van der Waals surface area (Å²) in [4.78, 5) is 12.4. The van der Waals surface area contributed by atoms with E-state index in [1.165, 1.54) is 0 Å². The van der Waals surface area contributed by atoms with Crippen LogP contribution in [0.1, 0.15) is 24.5 Å². The number of nitrogens with one attached hydrogen (secondary N) is 1. The predicted molar refractivity (Wildman–Crippen MR) is 94.9 cm³/mol. The second-order valence-corrected chi connectivity index (χ2v) is 6.31. The first-order valence-corrected chi connectivity index (χ1v) is 8.81. The minimum absolute atomic E-state index is 0.0455. The maximum atomic E-state index is 12.4. The molecule has 1 amide bonds. The standard InChI is InChI=1S/C19H25N3O3/c1-3-24-17-7-4-6-15-10-16(13-25-18(15)17)19(23)20-8-5-9-22-12-14(2)11-21-22/h4,6-7,11-12,16H,3,5,8-10,13H2,1-2H3,(H,20,23)/t16-/m1/s1. The summed E-state index contributed by atoms with van der Waals surface area (Å²) in [6.45, 7) is 6.39. The molecule has 2 heterocycles. The molecule has 134 valence electrons. The van der Waals surface area contributed by atoms with Crippen LogP contribution in [0.25, 0.3) is 0 Å². The Morgan fingerprint density at radius 3 is 3.12 bits per heavy atom. The highest BCUT2D eigenvalue weighted by atomic mass is 16.5. The SMILES string of the molecule is CCOc1cccc2c1OC[C@H](C(=O)NCCCn1cc(C)cn1)C2. The van der Waals surface area contributed by atoms with Gasteiger partial charge in [0, 0.05) is 19.3 Å². The van der Waals surface area contributed by atoms with Crippen LogP contribution < -0.4 is 14.8 Å². The zero-order valence-corrected chi connectivity index (χ0v) is 14.8. The Morgan fingerprint density at radius 1 is 1.48 bits per heavy atom. The van der Waals surface area contributed by atoms with Gasteiger partial charge >= 0.3 is 0 Å². The Balaban J connectivity index is 1.48. The van der Waals surface area contributed by atoms with Gasteiger partial charge in [-0.15, -0.1) is 0 Å². The highest BCUT2D eigenvalue weighted by molar-refractivity contribution is 5.79. The molecule has 0 unspecified atom stereocenters. The number of carbonyl (C=O) groups is 1. The Hall–Kier alpha value is -2.50. The van der Waals surface area contributed by atoms with E-state index in [0.717, 1.165) is 35.6 Å². The van der Waals surface area contributed by atoms with E-state index in [1.54, 1.807) is 0 Å². The van der Waals surface area contributed by atoms with Crippen LogP contribution in [0.2, 0.25) is 0 Å². The fourth-order valence-electron chi connectivity index (χ4n) is 3.02. The van der Waals surface area contributed by atoms with E-state index in [4.69, 9.17) is 9.47 Å². The average molecular weight is 343 g/mol. The fraction of sp³-hybridized carbons (Fsp3) is 0.474. The Morgan fingerprint density at radius 2 is 2.36 bits per heavy atom.